The summed E-state index contributed by atoms with van der Waals surface area (Å²) in [6, 6.07) is 5.77. The number of hydrogen-bond donors (Lipinski definition) is 1. The van der Waals surface area contributed by atoms with E-state index in [1.807, 2.05) is 25.1 Å². The molecule has 12 heavy (non-hydrogen) atoms. The Morgan fingerprint density at radius 1 is 1.58 bits per heavy atom. The second kappa shape index (κ2) is 4.26. The van der Waals surface area contributed by atoms with Crippen LogP contribution in [0.5, 0.6) is 0 Å². The van der Waals surface area contributed by atoms with Crippen molar-refractivity contribution >= 4 is 27.5 Å². The number of rotatable bonds is 2. The summed E-state index contributed by atoms with van der Waals surface area (Å²) in [6.07, 6.45) is 0.899. The molecule has 1 nitrogen and oxygen atoms in total. The van der Waals surface area contributed by atoms with Crippen molar-refractivity contribution in [2.75, 3.05) is 0 Å². The number of benzene rings is 1. The first-order valence-corrected chi connectivity index (χ1v) is 5.02. The Hall–Kier alpha value is -0.0500. The lowest BCUT2D eigenvalue weighted by atomic mass is 10.1. The van der Waals surface area contributed by atoms with Gasteiger partial charge in [0, 0.05) is 15.5 Å². The van der Waals surface area contributed by atoms with Gasteiger partial charge in [0.1, 0.15) is 0 Å². The number of hydrogen-bond acceptors (Lipinski definition) is 1. The quantitative estimate of drug-likeness (QED) is 0.851. The highest BCUT2D eigenvalue weighted by Crippen LogP contribution is 2.26. The molecule has 0 bridgehead atoms. The monoisotopic (exact) mass is 247 g/mol. The Kier molecular flexibility index (Phi) is 3.56. The van der Waals surface area contributed by atoms with Gasteiger partial charge in [-0.15, -0.1) is 0 Å². The molecule has 0 aliphatic carbocycles. The average molecular weight is 249 g/mol. The largest absolute Gasteiger partial charge is 0.324 e. The fourth-order valence-electron chi connectivity index (χ4n) is 1.02. The van der Waals surface area contributed by atoms with Gasteiger partial charge < -0.3 is 5.73 Å². The molecule has 0 aromatic heterocycles. The van der Waals surface area contributed by atoms with E-state index in [-0.39, 0.29) is 6.04 Å². The first-order valence-electron chi connectivity index (χ1n) is 3.85. The highest BCUT2D eigenvalue weighted by atomic mass is 79.9. The summed E-state index contributed by atoms with van der Waals surface area (Å²) < 4.78 is 1.02. The van der Waals surface area contributed by atoms with E-state index in [9.17, 15) is 0 Å². The van der Waals surface area contributed by atoms with Gasteiger partial charge in [-0.05, 0) is 30.2 Å². The molecule has 0 saturated carbocycles. The Morgan fingerprint density at radius 2 is 2.25 bits per heavy atom. The van der Waals surface area contributed by atoms with Gasteiger partial charge in [-0.1, -0.05) is 34.5 Å². The van der Waals surface area contributed by atoms with Gasteiger partial charge in [0.05, 0.1) is 0 Å². The van der Waals surface area contributed by atoms with Crippen LogP contribution in [0.3, 0.4) is 0 Å². The molecule has 0 spiro atoms. The molecule has 0 radical (unpaired) electrons. The molecule has 1 rings (SSSR count). The molecule has 66 valence electrons. The van der Waals surface area contributed by atoms with Crippen molar-refractivity contribution in [3.8, 4) is 0 Å². The van der Waals surface area contributed by atoms with Crippen LogP contribution in [0.15, 0.2) is 22.7 Å². The van der Waals surface area contributed by atoms with Crippen LogP contribution < -0.4 is 5.73 Å². The summed E-state index contributed by atoms with van der Waals surface area (Å²) in [5.41, 5.74) is 6.87. The van der Waals surface area contributed by atoms with E-state index < -0.39 is 0 Å². The molecule has 0 heterocycles. The maximum atomic E-state index is 5.97. The highest BCUT2D eigenvalue weighted by molar-refractivity contribution is 9.10. The van der Waals surface area contributed by atoms with Gasteiger partial charge in [0.15, 0.2) is 0 Å². The number of halogens is 2. The maximum Gasteiger partial charge on any atom is 0.0454 e. The Labute approximate surface area is 86.0 Å². The lowest BCUT2D eigenvalue weighted by Crippen LogP contribution is -2.08. The van der Waals surface area contributed by atoms with Crippen LogP contribution in [0.4, 0.5) is 0 Å². The molecule has 0 amide bonds. The van der Waals surface area contributed by atoms with Crippen LogP contribution in [-0.2, 0) is 0 Å². The molecule has 1 aromatic rings. The Morgan fingerprint density at radius 3 is 2.83 bits per heavy atom. The first-order chi connectivity index (χ1) is 5.65. The van der Waals surface area contributed by atoms with E-state index in [1.54, 1.807) is 0 Å². The minimum atomic E-state index is 0.0370. The molecule has 2 N–H and O–H groups in total. The molecular weight excluding hydrogens is 237 g/mol. The zero-order valence-electron chi connectivity index (χ0n) is 6.85. The van der Waals surface area contributed by atoms with Crippen LogP contribution in [0.2, 0.25) is 5.02 Å². The molecule has 1 atom stereocenters. The number of nitrogens with two attached hydrogens (primary N) is 1. The molecular formula is C9H11BrClN. The lowest BCUT2D eigenvalue weighted by molar-refractivity contribution is 0.698. The van der Waals surface area contributed by atoms with E-state index in [4.69, 9.17) is 17.3 Å². The summed E-state index contributed by atoms with van der Waals surface area (Å²) in [4.78, 5) is 0. The van der Waals surface area contributed by atoms with Crippen molar-refractivity contribution in [3.05, 3.63) is 33.3 Å². The Bertz CT molecular complexity index is 275. The minimum absolute atomic E-state index is 0.0370. The SMILES string of the molecule is CC[C@H](N)c1cc(Br)ccc1Cl. The average Bonchev–Trinajstić information content (AvgIpc) is 2.08. The van der Waals surface area contributed by atoms with Gasteiger partial charge in [0.2, 0.25) is 0 Å². The standard InChI is InChI=1S/C9H11BrClN/c1-2-9(12)7-5-6(10)3-4-8(7)11/h3-5,9H,2,12H2,1H3/t9-/m0/s1. The third kappa shape index (κ3) is 2.22. The van der Waals surface area contributed by atoms with E-state index in [2.05, 4.69) is 15.9 Å². The molecule has 1 aromatic carbocycles. The van der Waals surface area contributed by atoms with Crippen molar-refractivity contribution in [2.45, 2.75) is 19.4 Å². The molecule has 0 aliphatic rings. The van der Waals surface area contributed by atoms with Gasteiger partial charge in [-0.2, -0.15) is 0 Å². The van der Waals surface area contributed by atoms with Crippen LogP contribution >= 0.6 is 27.5 Å². The van der Waals surface area contributed by atoms with Gasteiger partial charge in [-0.25, -0.2) is 0 Å². The summed E-state index contributed by atoms with van der Waals surface area (Å²) in [6.45, 7) is 2.04. The molecule has 3 heteroatoms. The molecule has 0 aliphatic heterocycles. The third-order valence-electron chi connectivity index (χ3n) is 1.80. The predicted molar refractivity (Wildman–Crippen MR) is 56.4 cm³/mol. The lowest BCUT2D eigenvalue weighted by Gasteiger charge is -2.11. The van der Waals surface area contributed by atoms with Crippen LogP contribution in [0.25, 0.3) is 0 Å². The topological polar surface area (TPSA) is 26.0 Å². The fourth-order valence-corrected chi connectivity index (χ4v) is 1.66. The van der Waals surface area contributed by atoms with E-state index in [0.717, 1.165) is 21.5 Å². The molecule has 0 unspecified atom stereocenters. The Balaban J connectivity index is 3.04. The van der Waals surface area contributed by atoms with E-state index in [0.29, 0.717) is 0 Å². The van der Waals surface area contributed by atoms with Crippen LogP contribution in [-0.4, -0.2) is 0 Å². The van der Waals surface area contributed by atoms with Crippen molar-refractivity contribution < 1.29 is 0 Å². The van der Waals surface area contributed by atoms with Crippen LogP contribution in [0.1, 0.15) is 24.9 Å². The van der Waals surface area contributed by atoms with Crippen molar-refractivity contribution in [2.24, 2.45) is 5.73 Å². The summed E-state index contributed by atoms with van der Waals surface area (Å²) >= 11 is 9.35. The molecule has 0 fully saturated rings. The summed E-state index contributed by atoms with van der Waals surface area (Å²) in [7, 11) is 0. The van der Waals surface area contributed by atoms with Crippen LogP contribution in [0, 0.1) is 0 Å². The normalized spacial score (nSPS) is 13.0. The second-order valence-corrected chi connectivity index (χ2v) is 4.00. The van der Waals surface area contributed by atoms with Gasteiger partial charge in [-0.3, -0.25) is 0 Å². The van der Waals surface area contributed by atoms with Gasteiger partial charge >= 0.3 is 0 Å². The van der Waals surface area contributed by atoms with Crippen molar-refractivity contribution in [3.63, 3.8) is 0 Å². The fraction of sp³-hybridized carbons (Fsp3) is 0.333. The third-order valence-corrected chi connectivity index (χ3v) is 2.63. The second-order valence-electron chi connectivity index (χ2n) is 2.68. The van der Waals surface area contributed by atoms with Crippen molar-refractivity contribution in [1.29, 1.82) is 0 Å². The smallest absolute Gasteiger partial charge is 0.0454 e. The minimum Gasteiger partial charge on any atom is -0.324 e. The first kappa shape index (κ1) is 10.0. The van der Waals surface area contributed by atoms with E-state index in [1.165, 1.54) is 0 Å². The van der Waals surface area contributed by atoms with Crippen molar-refractivity contribution in [1.82, 2.24) is 0 Å². The van der Waals surface area contributed by atoms with E-state index >= 15 is 0 Å². The highest BCUT2D eigenvalue weighted by Gasteiger charge is 2.07. The van der Waals surface area contributed by atoms with Gasteiger partial charge in [0.25, 0.3) is 0 Å². The maximum absolute atomic E-state index is 5.97. The zero-order valence-corrected chi connectivity index (χ0v) is 9.19. The predicted octanol–water partition coefficient (Wildman–Crippen LogP) is 3.51. The summed E-state index contributed by atoms with van der Waals surface area (Å²) in [5.74, 6) is 0. The molecule has 0 saturated heterocycles. The summed E-state index contributed by atoms with van der Waals surface area (Å²) in [5, 5.41) is 0.743. The zero-order chi connectivity index (χ0) is 9.14.